The SMILES string of the molecule is COc1ccc(F)c(-c2onc(COc3cccc(C(CC(=O)O)C4CC4)c3)c2OC2CCCCC2)c1. The van der Waals surface area contributed by atoms with Crippen LogP contribution in [0, 0.1) is 11.7 Å². The average molecular weight is 510 g/mol. The summed E-state index contributed by atoms with van der Waals surface area (Å²) in [5.41, 5.74) is 1.62. The molecule has 1 aromatic heterocycles. The topological polar surface area (TPSA) is 91.0 Å². The molecule has 0 spiro atoms. The standard InChI is InChI=1S/C29H32FNO6/c1-34-21-12-13-25(30)24(15-21)28-29(36-20-7-3-2-4-8-20)26(31-37-28)17-35-22-9-5-6-19(14-22)23(16-27(32)33)18-10-11-18/h5-6,9,12-15,18,20,23H,2-4,7-8,10-11,16-17H2,1H3,(H,32,33). The number of benzene rings is 2. The zero-order valence-corrected chi connectivity index (χ0v) is 21.0. The molecule has 1 N–H and O–H groups in total. The van der Waals surface area contributed by atoms with Gasteiger partial charge in [-0.15, -0.1) is 0 Å². The van der Waals surface area contributed by atoms with Crippen LogP contribution in [-0.4, -0.2) is 29.4 Å². The van der Waals surface area contributed by atoms with E-state index in [4.69, 9.17) is 18.7 Å². The van der Waals surface area contributed by atoms with Crippen LogP contribution in [0.1, 0.15) is 68.5 Å². The van der Waals surface area contributed by atoms with Crippen molar-refractivity contribution in [3.63, 3.8) is 0 Å². The first-order chi connectivity index (χ1) is 18.0. The van der Waals surface area contributed by atoms with Crippen LogP contribution in [0.25, 0.3) is 11.3 Å². The van der Waals surface area contributed by atoms with Gasteiger partial charge in [0.25, 0.3) is 0 Å². The Bertz CT molecular complexity index is 1230. The van der Waals surface area contributed by atoms with Gasteiger partial charge in [0.2, 0.25) is 5.76 Å². The molecule has 196 valence electrons. The number of hydrogen-bond donors (Lipinski definition) is 1. The Balaban J connectivity index is 1.40. The van der Waals surface area contributed by atoms with E-state index in [0.29, 0.717) is 28.9 Å². The number of nitrogens with zero attached hydrogens (tertiary/aromatic N) is 1. The molecule has 3 aromatic rings. The normalized spacial score (nSPS) is 16.8. The predicted octanol–water partition coefficient (Wildman–Crippen LogP) is 6.75. The fourth-order valence-electron chi connectivity index (χ4n) is 5.08. The third kappa shape index (κ3) is 6.06. The van der Waals surface area contributed by atoms with Crippen molar-refractivity contribution >= 4 is 5.97 Å². The van der Waals surface area contributed by atoms with Crippen LogP contribution in [0.3, 0.4) is 0 Å². The minimum atomic E-state index is -0.798. The van der Waals surface area contributed by atoms with E-state index >= 15 is 0 Å². The number of methoxy groups -OCH3 is 1. The Morgan fingerprint density at radius 2 is 1.92 bits per heavy atom. The lowest BCUT2D eigenvalue weighted by molar-refractivity contribution is -0.137. The molecule has 0 radical (unpaired) electrons. The van der Waals surface area contributed by atoms with Gasteiger partial charge in [-0.25, -0.2) is 4.39 Å². The maximum atomic E-state index is 14.8. The first-order valence-corrected chi connectivity index (χ1v) is 13.0. The molecule has 1 atom stereocenters. The summed E-state index contributed by atoms with van der Waals surface area (Å²) < 4.78 is 38.2. The molecule has 8 heteroatoms. The summed E-state index contributed by atoms with van der Waals surface area (Å²) in [7, 11) is 1.52. The van der Waals surface area contributed by atoms with Crippen molar-refractivity contribution in [1.29, 1.82) is 0 Å². The molecule has 5 rings (SSSR count). The van der Waals surface area contributed by atoms with E-state index in [0.717, 1.165) is 44.1 Å². The smallest absolute Gasteiger partial charge is 0.303 e. The first-order valence-electron chi connectivity index (χ1n) is 13.0. The maximum absolute atomic E-state index is 14.8. The summed E-state index contributed by atoms with van der Waals surface area (Å²) in [5.74, 6) is 0.815. The molecule has 2 aliphatic carbocycles. The fraction of sp³-hybridized carbons (Fsp3) is 0.448. The number of aliphatic carboxylic acids is 1. The van der Waals surface area contributed by atoms with Crippen LogP contribution < -0.4 is 14.2 Å². The van der Waals surface area contributed by atoms with Crippen molar-refractivity contribution in [3.8, 4) is 28.6 Å². The second kappa shape index (κ2) is 11.2. The zero-order chi connectivity index (χ0) is 25.8. The third-order valence-electron chi connectivity index (χ3n) is 7.22. The fourth-order valence-corrected chi connectivity index (χ4v) is 5.08. The van der Waals surface area contributed by atoms with Gasteiger partial charge in [0.05, 0.1) is 25.2 Å². The first kappa shape index (κ1) is 25.1. The molecule has 0 bridgehead atoms. The molecule has 0 amide bonds. The van der Waals surface area contributed by atoms with Gasteiger partial charge in [-0.3, -0.25) is 4.79 Å². The number of carboxylic acid groups (broad SMARTS) is 1. The monoisotopic (exact) mass is 509 g/mol. The number of carboxylic acids is 1. The van der Waals surface area contributed by atoms with Crippen molar-refractivity contribution in [2.75, 3.05) is 7.11 Å². The van der Waals surface area contributed by atoms with E-state index in [1.807, 2.05) is 24.3 Å². The number of carbonyl (C=O) groups is 1. The van der Waals surface area contributed by atoms with Crippen LogP contribution in [0.5, 0.6) is 17.2 Å². The molecular weight excluding hydrogens is 477 g/mol. The molecule has 2 aliphatic rings. The molecule has 2 saturated carbocycles. The van der Waals surface area contributed by atoms with Crippen LogP contribution in [0.4, 0.5) is 4.39 Å². The summed E-state index contributed by atoms with van der Waals surface area (Å²) in [6.45, 7) is 0.0631. The molecule has 2 fully saturated rings. The van der Waals surface area contributed by atoms with Gasteiger partial charge in [-0.2, -0.15) is 0 Å². The second-order valence-electron chi connectivity index (χ2n) is 9.91. The van der Waals surface area contributed by atoms with E-state index < -0.39 is 11.8 Å². The highest BCUT2D eigenvalue weighted by atomic mass is 19.1. The average Bonchev–Trinajstić information content (AvgIpc) is 3.68. The summed E-state index contributed by atoms with van der Waals surface area (Å²) in [6, 6.07) is 12.0. The lowest BCUT2D eigenvalue weighted by atomic mass is 9.91. The molecule has 7 nitrogen and oxygen atoms in total. The van der Waals surface area contributed by atoms with Gasteiger partial charge in [0, 0.05) is 0 Å². The van der Waals surface area contributed by atoms with Crippen LogP contribution in [0.15, 0.2) is 47.0 Å². The highest BCUT2D eigenvalue weighted by Crippen LogP contribution is 2.45. The van der Waals surface area contributed by atoms with E-state index in [9.17, 15) is 14.3 Å². The molecule has 0 saturated heterocycles. The molecule has 0 aliphatic heterocycles. The number of rotatable bonds is 11. The van der Waals surface area contributed by atoms with Gasteiger partial charge < -0.3 is 23.8 Å². The molecule has 37 heavy (non-hydrogen) atoms. The number of hydrogen-bond acceptors (Lipinski definition) is 6. The van der Waals surface area contributed by atoms with Crippen molar-refractivity contribution in [2.45, 2.75) is 70.0 Å². The van der Waals surface area contributed by atoms with Gasteiger partial charge in [-0.1, -0.05) is 23.7 Å². The van der Waals surface area contributed by atoms with Crippen molar-refractivity contribution in [2.24, 2.45) is 5.92 Å². The Hall–Kier alpha value is -3.55. The lowest BCUT2D eigenvalue weighted by Crippen LogP contribution is -2.20. The van der Waals surface area contributed by atoms with E-state index in [-0.39, 0.29) is 36.4 Å². The van der Waals surface area contributed by atoms with Gasteiger partial charge in [0.1, 0.15) is 23.9 Å². The van der Waals surface area contributed by atoms with Crippen molar-refractivity contribution < 1.29 is 33.0 Å². The van der Waals surface area contributed by atoms with Gasteiger partial charge in [-0.05, 0) is 86.3 Å². The van der Waals surface area contributed by atoms with Crippen molar-refractivity contribution in [1.82, 2.24) is 5.16 Å². The maximum Gasteiger partial charge on any atom is 0.303 e. The Labute approximate surface area is 215 Å². The Kier molecular flexibility index (Phi) is 7.63. The number of aromatic nitrogens is 1. The Morgan fingerprint density at radius 1 is 1.11 bits per heavy atom. The Morgan fingerprint density at radius 3 is 2.65 bits per heavy atom. The number of halogens is 1. The number of ether oxygens (including phenoxy) is 3. The lowest BCUT2D eigenvalue weighted by Gasteiger charge is -2.23. The molecular formula is C29H32FNO6. The third-order valence-corrected chi connectivity index (χ3v) is 7.22. The quantitative estimate of drug-likeness (QED) is 0.306. The minimum absolute atomic E-state index is 0.00188. The van der Waals surface area contributed by atoms with Gasteiger partial charge in [0.15, 0.2) is 11.4 Å². The highest BCUT2D eigenvalue weighted by molar-refractivity contribution is 5.68. The summed E-state index contributed by atoms with van der Waals surface area (Å²) in [5, 5.41) is 13.6. The summed E-state index contributed by atoms with van der Waals surface area (Å²) >= 11 is 0. The molecule has 1 unspecified atom stereocenters. The summed E-state index contributed by atoms with van der Waals surface area (Å²) in [6.07, 6.45) is 7.37. The van der Waals surface area contributed by atoms with Crippen LogP contribution in [-0.2, 0) is 11.4 Å². The largest absolute Gasteiger partial charge is 0.497 e. The van der Waals surface area contributed by atoms with Crippen LogP contribution >= 0.6 is 0 Å². The highest BCUT2D eigenvalue weighted by Gasteiger charge is 2.34. The van der Waals surface area contributed by atoms with Gasteiger partial charge >= 0.3 is 5.97 Å². The van der Waals surface area contributed by atoms with E-state index in [2.05, 4.69) is 5.16 Å². The summed E-state index contributed by atoms with van der Waals surface area (Å²) in [4.78, 5) is 11.4. The van der Waals surface area contributed by atoms with Crippen molar-refractivity contribution in [3.05, 3.63) is 59.5 Å². The predicted molar refractivity (Wildman–Crippen MR) is 134 cm³/mol. The molecule has 1 heterocycles. The second-order valence-corrected chi connectivity index (χ2v) is 9.91. The molecule has 2 aromatic carbocycles. The van der Waals surface area contributed by atoms with E-state index in [1.54, 1.807) is 12.1 Å². The zero-order valence-electron chi connectivity index (χ0n) is 21.0. The minimum Gasteiger partial charge on any atom is -0.497 e. The van der Waals surface area contributed by atoms with Crippen LogP contribution in [0.2, 0.25) is 0 Å². The van der Waals surface area contributed by atoms with E-state index in [1.165, 1.54) is 19.6 Å².